The van der Waals surface area contributed by atoms with E-state index in [1.54, 1.807) is 0 Å². The fourth-order valence-electron chi connectivity index (χ4n) is 2.58. The number of unbranched alkanes of at least 4 members (excludes halogenated alkanes) is 8. The average molecular weight is 300 g/mol. The largest absolute Gasteiger partial charge is 0.481 e. The van der Waals surface area contributed by atoms with Gasteiger partial charge in [0, 0.05) is 6.42 Å². The van der Waals surface area contributed by atoms with Crippen LogP contribution in [-0.2, 0) is 9.59 Å². The van der Waals surface area contributed by atoms with Gasteiger partial charge in [-0.15, -0.1) is 0 Å². The Bertz CT molecular complexity index is 276. The summed E-state index contributed by atoms with van der Waals surface area (Å²) in [5, 5.41) is 17.7. The molecule has 4 heteroatoms. The van der Waals surface area contributed by atoms with Crippen LogP contribution in [0.2, 0.25) is 0 Å². The minimum absolute atomic E-state index is 0.160. The fraction of sp³-hybridized carbons (Fsp3) is 0.882. The van der Waals surface area contributed by atoms with Gasteiger partial charge in [0.2, 0.25) is 0 Å². The molecule has 0 radical (unpaired) electrons. The van der Waals surface area contributed by atoms with E-state index in [0.717, 1.165) is 77.0 Å². The molecule has 0 aliphatic heterocycles. The topological polar surface area (TPSA) is 74.6 Å². The lowest BCUT2D eigenvalue weighted by Crippen LogP contribution is -2.13. The number of carboxylic acid groups (broad SMARTS) is 2. The summed E-state index contributed by atoms with van der Waals surface area (Å²) in [4.78, 5) is 21.5. The van der Waals surface area contributed by atoms with Crippen LogP contribution in [0.25, 0.3) is 0 Å². The third-order valence-corrected chi connectivity index (χ3v) is 3.95. The summed E-state index contributed by atoms with van der Waals surface area (Å²) in [6.45, 7) is 2.13. The Labute approximate surface area is 128 Å². The minimum Gasteiger partial charge on any atom is -0.481 e. The molecule has 0 aliphatic carbocycles. The van der Waals surface area contributed by atoms with E-state index in [1.807, 2.05) is 0 Å². The van der Waals surface area contributed by atoms with Crippen LogP contribution in [0.15, 0.2) is 0 Å². The second-order valence-electron chi connectivity index (χ2n) is 5.94. The molecule has 0 saturated heterocycles. The average Bonchev–Trinajstić information content (AvgIpc) is 2.43. The maximum atomic E-state index is 11.1. The molecule has 2 N–H and O–H groups in total. The maximum absolute atomic E-state index is 11.1. The number of aliphatic carboxylic acids is 2. The molecule has 1 atom stereocenters. The molecule has 124 valence electrons. The number of hydrogen-bond acceptors (Lipinski definition) is 2. The standard InChI is InChI=1S/C17H32O4/c1-2-3-9-12-15(17(20)21)13-10-7-5-4-6-8-11-14-16(18)19/h15H,2-14H2,1H3,(H,18,19)(H,20,21). The third kappa shape index (κ3) is 13.7. The van der Waals surface area contributed by atoms with Crippen molar-refractivity contribution in [2.24, 2.45) is 5.92 Å². The molecule has 0 aromatic carbocycles. The van der Waals surface area contributed by atoms with E-state index in [9.17, 15) is 9.59 Å². The fourth-order valence-corrected chi connectivity index (χ4v) is 2.58. The first kappa shape index (κ1) is 19.9. The van der Waals surface area contributed by atoms with E-state index >= 15 is 0 Å². The van der Waals surface area contributed by atoms with Gasteiger partial charge in [-0.2, -0.15) is 0 Å². The Hall–Kier alpha value is -1.06. The van der Waals surface area contributed by atoms with Crippen LogP contribution < -0.4 is 0 Å². The Balaban J connectivity index is 3.45. The van der Waals surface area contributed by atoms with E-state index in [0.29, 0.717) is 0 Å². The van der Waals surface area contributed by atoms with Crippen LogP contribution in [0.3, 0.4) is 0 Å². The van der Waals surface area contributed by atoms with Gasteiger partial charge in [-0.3, -0.25) is 9.59 Å². The Morgan fingerprint density at radius 2 is 1.24 bits per heavy atom. The molecule has 0 fully saturated rings. The van der Waals surface area contributed by atoms with Crippen molar-refractivity contribution in [2.75, 3.05) is 0 Å². The van der Waals surface area contributed by atoms with Crippen molar-refractivity contribution in [1.82, 2.24) is 0 Å². The maximum Gasteiger partial charge on any atom is 0.306 e. The van der Waals surface area contributed by atoms with Crippen LogP contribution in [0.5, 0.6) is 0 Å². The lowest BCUT2D eigenvalue weighted by molar-refractivity contribution is -0.142. The van der Waals surface area contributed by atoms with Gasteiger partial charge >= 0.3 is 11.9 Å². The molecule has 21 heavy (non-hydrogen) atoms. The lowest BCUT2D eigenvalue weighted by Gasteiger charge is -2.11. The summed E-state index contributed by atoms with van der Waals surface area (Å²) in [7, 11) is 0. The van der Waals surface area contributed by atoms with Gasteiger partial charge in [0.05, 0.1) is 5.92 Å². The zero-order chi connectivity index (χ0) is 15.9. The van der Waals surface area contributed by atoms with Crippen molar-refractivity contribution in [1.29, 1.82) is 0 Å². The SMILES string of the molecule is CCCCCC(CCCCCCCCCC(=O)O)C(=O)O. The molecule has 0 saturated carbocycles. The zero-order valence-corrected chi connectivity index (χ0v) is 13.5. The van der Waals surface area contributed by atoms with E-state index < -0.39 is 11.9 Å². The summed E-state index contributed by atoms with van der Waals surface area (Å²) in [6, 6.07) is 0. The van der Waals surface area contributed by atoms with E-state index in [4.69, 9.17) is 10.2 Å². The number of rotatable bonds is 15. The third-order valence-electron chi connectivity index (χ3n) is 3.95. The van der Waals surface area contributed by atoms with Crippen molar-refractivity contribution in [3.05, 3.63) is 0 Å². The van der Waals surface area contributed by atoms with Crippen molar-refractivity contribution >= 4 is 11.9 Å². The summed E-state index contributed by atoms with van der Waals surface area (Å²) in [5.74, 6) is -1.51. The number of carboxylic acids is 2. The highest BCUT2D eigenvalue weighted by Crippen LogP contribution is 2.18. The Morgan fingerprint density at radius 1 is 0.762 bits per heavy atom. The molecule has 0 aromatic rings. The van der Waals surface area contributed by atoms with Gasteiger partial charge in [0.15, 0.2) is 0 Å². The van der Waals surface area contributed by atoms with E-state index in [2.05, 4.69) is 6.92 Å². The van der Waals surface area contributed by atoms with Gasteiger partial charge < -0.3 is 10.2 Å². The van der Waals surface area contributed by atoms with Crippen LogP contribution >= 0.6 is 0 Å². The molecule has 0 aliphatic rings. The van der Waals surface area contributed by atoms with Gasteiger partial charge in [-0.05, 0) is 19.3 Å². The number of carbonyl (C=O) groups is 2. The van der Waals surface area contributed by atoms with Crippen LogP contribution in [0, 0.1) is 5.92 Å². The first-order valence-corrected chi connectivity index (χ1v) is 8.52. The van der Waals surface area contributed by atoms with Gasteiger partial charge in [-0.1, -0.05) is 64.7 Å². The second kappa shape index (κ2) is 13.9. The monoisotopic (exact) mass is 300 g/mol. The second-order valence-corrected chi connectivity index (χ2v) is 5.94. The predicted molar refractivity (Wildman–Crippen MR) is 84.5 cm³/mol. The molecular weight excluding hydrogens is 268 g/mol. The summed E-state index contributed by atoms with van der Waals surface area (Å²) >= 11 is 0. The predicted octanol–water partition coefficient (Wildman–Crippen LogP) is 4.86. The van der Waals surface area contributed by atoms with Gasteiger partial charge in [-0.25, -0.2) is 0 Å². The summed E-state index contributed by atoms with van der Waals surface area (Å²) in [5.41, 5.74) is 0. The molecule has 0 aromatic heterocycles. The minimum atomic E-state index is -0.710. The molecule has 1 unspecified atom stereocenters. The Kier molecular flexibility index (Phi) is 13.2. The van der Waals surface area contributed by atoms with Crippen molar-refractivity contribution < 1.29 is 19.8 Å². The normalized spacial score (nSPS) is 12.2. The Morgan fingerprint density at radius 3 is 1.71 bits per heavy atom. The van der Waals surface area contributed by atoms with Gasteiger partial charge in [0.1, 0.15) is 0 Å². The van der Waals surface area contributed by atoms with Crippen molar-refractivity contribution in [2.45, 2.75) is 90.4 Å². The first-order chi connectivity index (χ1) is 10.1. The molecule has 4 nitrogen and oxygen atoms in total. The van der Waals surface area contributed by atoms with Gasteiger partial charge in [0.25, 0.3) is 0 Å². The lowest BCUT2D eigenvalue weighted by atomic mass is 9.94. The molecular formula is C17H32O4. The highest BCUT2D eigenvalue weighted by molar-refractivity contribution is 5.69. The quantitative estimate of drug-likeness (QED) is 0.423. The van der Waals surface area contributed by atoms with E-state index in [-0.39, 0.29) is 12.3 Å². The van der Waals surface area contributed by atoms with Crippen LogP contribution in [0.4, 0.5) is 0 Å². The smallest absolute Gasteiger partial charge is 0.306 e. The summed E-state index contributed by atoms with van der Waals surface area (Å²) < 4.78 is 0. The molecule has 0 heterocycles. The zero-order valence-electron chi connectivity index (χ0n) is 13.5. The highest BCUT2D eigenvalue weighted by atomic mass is 16.4. The first-order valence-electron chi connectivity index (χ1n) is 8.52. The van der Waals surface area contributed by atoms with Crippen LogP contribution in [0.1, 0.15) is 90.4 Å². The van der Waals surface area contributed by atoms with Crippen molar-refractivity contribution in [3.63, 3.8) is 0 Å². The van der Waals surface area contributed by atoms with Crippen LogP contribution in [-0.4, -0.2) is 22.2 Å². The summed E-state index contributed by atoms with van der Waals surface area (Å²) in [6.07, 6.45) is 12.4. The van der Waals surface area contributed by atoms with E-state index in [1.165, 1.54) is 0 Å². The highest BCUT2D eigenvalue weighted by Gasteiger charge is 2.15. The molecule has 0 bridgehead atoms. The molecule has 0 rings (SSSR count). The molecule has 0 spiro atoms. The molecule has 0 amide bonds. The number of hydrogen-bond donors (Lipinski definition) is 2. The van der Waals surface area contributed by atoms with Crippen molar-refractivity contribution in [3.8, 4) is 0 Å².